The predicted molar refractivity (Wildman–Crippen MR) is 135 cm³/mol. The zero-order chi connectivity index (χ0) is 26.7. The minimum atomic E-state index is -0.926. The summed E-state index contributed by atoms with van der Waals surface area (Å²) in [7, 11) is 4.46. The molecular formula is C27H29N3O7. The van der Waals surface area contributed by atoms with E-state index in [0.29, 0.717) is 28.5 Å². The van der Waals surface area contributed by atoms with Crippen molar-refractivity contribution in [3.05, 3.63) is 86.9 Å². The SMILES string of the molecule is CCOC(=O)C1=C(N)Oc2cc(C)n(Cc3cccnc3)c(=O)c2C1c1cc(OC)c(OC)c(OC)c1. The van der Waals surface area contributed by atoms with E-state index >= 15 is 0 Å². The van der Waals surface area contributed by atoms with Crippen LogP contribution in [0.3, 0.4) is 0 Å². The number of methoxy groups -OCH3 is 3. The van der Waals surface area contributed by atoms with Gasteiger partial charge < -0.3 is 34.0 Å². The molecule has 3 heterocycles. The van der Waals surface area contributed by atoms with E-state index in [-0.39, 0.29) is 41.5 Å². The predicted octanol–water partition coefficient (Wildman–Crippen LogP) is 2.88. The van der Waals surface area contributed by atoms with Crippen LogP contribution in [0.15, 0.2) is 59.0 Å². The van der Waals surface area contributed by atoms with Crippen molar-refractivity contribution in [1.29, 1.82) is 0 Å². The second-order valence-corrected chi connectivity index (χ2v) is 8.31. The van der Waals surface area contributed by atoms with Crippen molar-refractivity contribution >= 4 is 5.97 Å². The third-order valence-electron chi connectivity index (χ3n) is 6.15. The molecule has 0 aliphatic carbocycles. The summed E-state index contributed by atoms with van der Waals surface area (Å²) in [6, 6.07) is 8.77. The fraction of sp³-hybridized carbons (Fsp3) is 0.296. The molecule has 0 amide bonds. The van der Waals surface area contributed by atoms with Crippen LogP contribution in [0.25, 0.3) is 0 Å². The van der Waals surface area contributed by atoms with Crippen LogP contribution < -0.4 is 30.2 Å². The Bertz CT molecular complexity index is 1390. The van der Waals surface area contributed by atoms with Gasteiger partial charge in [0.15, 0.2) is 11.5 Å². The average Bonchev–Trinajstić information content (AvgIpc) is 2.90. The lowest BCUT2D eigenvalue weighted by Crippen LogP contribution is -2.35. The van der Waals surface area contributed by atoms with Crippen molar-refractivity contribution in [3.63, 3.8) is 0 Å². The lowest BCUT2D eigenvalue weighted by molar-refractivity contribution is -0.139. The number of ether oxygens (including phenoxy) is 5. The van der Waals surface area contributed by atoms with Crippen LogP contribution in [0.1, 0.15) is 35.2 Å². The highest BCUT2D eigenvalue weighted by Gasteiger charge is 2.39. The quantitative estimate of drug-likeness (QED) is 0.458. The minimum Gasteiger partial charge on any atom is -0.493 e. The van der Waals surface area contributed by atoms with E-state index in [1.54, 1.807) is 55.1 Å². The average molecular weight is 508 g/mol. The molecule has 4 rings (SSSR count). The number of hydrogen-bond donors (Lipinski definition) is 1. The summed E-state index contributed by atoms with van der Waals surface area (Å²) in [5.74, 6) is -0.423. The van der Waals surface area contributed by atoms with Gasteiger partial charge in [-0.1, -0.05) is 6.07 Å². The Balaban J connectivity index is 2.00. The maximum atomic E-state index is 14.0. The molecule has 1 unspecified atom stereocenters. The second kappa shape index (κ2) is 10.7. The van der Waals surface area contributed by atoms with Gasteiger partial charge >= 0.3 is 5.97 Å². The molecule has 194 valence electrons. The van der Waals surface area contributed by atoms with Gasteiger partial charge in [-0.3, -0.25) is 9.78 Å². The molecule has 2 aromatic heterocycles. The second-order valence-electron chi connectivity index (χ2n) is 8.31. The van der Waals surface area contributed by atoms with E-state index in [9.17, 15) is 9.59 Å². The zero-order valence-electron chi connectivity index (χ0n) is 21.4. The van der Waals surface area contributed by atoms with Gasteiger partial charge in [0.1, 0.15) is 11.3 Å². The largest absolute Gasteiger partial charge is 0.493 e. The number of pyridine rings is 2. The Labute approximate surface area is 214 Å². The molecule has 0 fully saturated rings. The number of aromatic nitrogens is 2. The molecule has 37 heavy (non-hydrogen) atoms. The number of hydrogen-bond acceptors (Lipinski definition) is 9. The molecular weight excluding hydrogens is 478 g/mol. The van der Waals surface area contributed by atoms with Gasteiger partial charge in [-0.2, -0.15) is 0 Å². The summed E-state index contributed by atoms with van der Waals surface area (Å²) >= 11 is 0. The summed E-state index contributed by atoms with van der Waals surface area (Å²) in [6.45, 7) is 3.88. The summed E-state index contributed by atoms with van der Waals surface area (Å²) in [4.78, 5) is 31.3. The lowest BCUT2D eigenvalue weighted by atomic mass is 9.83. The molecule has 10 heteroatoms. The first-order valence-corrected chi connectivity index (χ1v) is 11.6. The van der Waals surface area contributed by atoms with Crippen LogP contribution in [0.5, 0.6) is 23.0 Å². The highest BCUT2D eigenvalue weighted by Crippen LogP contribution is 2.46. The monoisotopic (exact) mass is 507 g/mol. The number of benzene rings is 1. The highest BCUT2D eigenvalue weighted by molar-refractivity contribution is 5.92. The Morgan fingerprint density at radius 1 is 1.14 bits per heavy atom. The van der Waals surface area contributed by atoms with E-state index in [0.717, 1.165) is 5.56 Å². The van der Waals surface area contributed by atoms with Crippen molar-refractivity contribution in [2.75, 3.05) is 27.9 Å². The Kier molecular flexibility index (Phi) is 7.37. The standard InChI is InChI=1S/C27H29N3O7/c1-6-36-27(32)23-21(17-11-19(33-3)24(35-5)20(12-17)34-4)22-18(37-25(23)28)10-15(2)30(26(22)31)14-16-8-7-9-29-13-16/h7-13,21H,6,14,28H2,1-5H3. The molecule has 2 N–H and O–H groups in total. The van der Waals surface area contributed by atoms with E-state index in [2.05, 4.69) is 4.98 Å². The molecule has 1 aliphatic heterocycles. The van der Waals surface area contributed by atoms with E-state index in [1.165, 1.54) is 21.3 Å². The van der Waals surface area contributed by atoms with Gasteiger partial charge in [-0.15, -0.1) is 0 Å². The third-order valence-corrected chi connectivity index (χ3v) is 6.15. The van der Waals surface area contributed by atoms with Crippen LogP contribution in [0.2, 0.25) is 0 Å². The van der Waals surface area contributed by atoms with Gasteiger partial charge in [-0.05, 0) is 43.2 Å². The normalized spacial score (nSPS) is 14.5. The number of carbonyl (C=O) groups excluding carboxylic acids is 1. The summed E-state index contributed by atoms with van der Waals surface area (Å²) in [5, 5.41) is 0. The zero-order valence-corrected chi connectivity index (χ0v) is 21.4. The van der Waals surface area contributed by atoms with Gasteiger partial charge in [0.25, 0.3) is 5.56 Å². The number of rotatable bonds is 8. The summed E-state index contributed by atoms with van der Waals surface area (Å²) in [6.07, 6.45) is 3.36. The summed E-state index contributed by atoms with van der Waals surface area (Å²) in [5.41, 5.74) is 8.18. The summed E-state index contributed by atoms with van der Waals surface area (Å²) < 4.78 is 29.3. The Hall–Kier alpha value is -4.47. The number of nitrogens with two attached hydrogens (primary N) is 1. The third kappa shape index (κ3) is 4.69. The molecule has 0 radical (unpaired) electrons. The highest BCUT2D eigenvalue weighted by atomic mass is 16.5. The van der Waals surface area contributed by atoms with Crippen LogP contribution >= 0.6 is 0 Å². The molecule has 1 atom stereocenters. The van der Waals surface area contributed by atoms with E-state index in [4.69, 9.17) is 29.4 Å². The van der Waals surface area contributed by atoms with Crippen molar-refractivity contribution in [2.45, 2.75) is 26.3 Å². The smallest absolute Gasteiger partial charge is 0.340 e. The number of carbonyl (C=O) groups is 1. The fourth-order valence-electron chi connectivity index (χ4n) is 4.47. The maximum absolute atomic E-state index is 14.0. The van der Waals surface area contributed by atoms with Gasteiger partial charge in [0.2, 0.25) is 11.6 Å². The van der Waals surface area contributed by atoms with Crippen molar-refractivity contribution in [1.82, 2.24) is 9.55 Å². The molecule has 0 saturated heterocycles. The van der Waals surface area contributed by atoms with Gasteiger partial charge in [-0.25, -0.2) is 4.79 Å². The lowest BCUT2D eigenvalue weighted by Gasteiger charge is -2.29. The first-order valence-electron chi connectivity index (χ1n) is 11.6. The first-order chi connectivity index (χ1) is 17.8. The molecule has 1 aliphatic rings. The Morgan fingerprint density at radius 2 is 1.84 bits per heavy atom. The topological polar surface area (TPSA) is 124 Å². The van der Waals surface area contributed by atoms with Gasteiger partial charge in [0, 0.05) is 24.2 Å². The van der Waals surface area contributed by atoms with Crippen LogP contribution in [0.4, 0.5) is 0 Å². The number of esters is 1. The Morgan fingerprint density at radius 3 is 2.41 bits per heavy atom. The van der Waals surface area contributed by atoms with Crippen LogP contribution in [-0.4, -0.2) is 43.5 Å². The van der Waals surface area contributed by atoms with Crippen molar-refractivity contribution in [2.24, 2.45) is 5.73 Å². The minimum absolute atomic E-state index is 0.0116. The molecule has 0 spiro atoms. The number of nitrogens with zero attached hydrogens (tertiary/aromatic N) is 2. The van der Waals surface area contributed by atoms with Crippen molar-refractivity contribution in [3.8, 4) is 23.0 Å². The fourth-order valence-corrected chi connectivity index (χ4v) is 4.47. The molecule has 0 bridgehead atoms. The molecule has 0 saturated carbocycles. The molecule has 1 aromatic carbocycles. The number of aryl methyl sites for hydroxylation is 1. The molecule has 10 nitrogen and oxygen atoms in total. The van der Waals surface area contributed by atoms with E-state index < -0.39 is 11.9 Å². The maximum Gasteiger partial charge on any atom is 0.340 e. The number of fused-ring (bicyclic) bond motifs is 1. The first kappa shape index (κ1) is 25.6. The van der Waals surface area contributed by atoms with Crippen LogP contribution in [-0.2, 0) is 16.1 Å². The van der Waals surface area contributed by atoms with Crippen molar-refractivity contribution < 1.29 is 28.5 Å². The molecule has 3 aromatic rings. The van der Waals surface area contributed by atoms with E-state index in [1.807, 2.05) is 6.07 Å². The van der Waals surface area contributed by atoms with Gasteiger partial charge in [0.05, 0.1) is 46.0 Å². The van der Waals surface area contributed by atoms with Crippen LogP contribution in [0, 0.1) is 6.92 Å².